The first kappa shape index (κ1) is 17.3. The van der Waals surface area contributed by atoms with Crippen molar-refractivity contribution in [1.82, 2.24) is 15.2 Å². The number of aromatic nitrogens is 1. The van der Waals surface area contributed by atoms with Gasteiger partial charge < -0.3 is 4.57 Å². The Hall–Kier alpha value is -2.57. The van der Waals surface area contributed by atoms with Crippen LogP contribution in [0.3, 0.4) is 0 Å². The van der Waals surface area contributed by atoms with Gasteiger partial charge in [0.2, 0.25) is 0 Å². The highest BCUT2D eigenvalue weighted by atomic mass is 35.5. The molecule has 1 aliphatic rings. The molecule has 1 aromatic carbocycles. The minimum Gasteiger partial charge on any atom is -0.316 e. The molecule has 0 spiro atoms. The molecule has 25 heavy (non-hydrogen) atoms. The van der Waals surface area contributed by atoms with Crippen LogP contribution < -0.4 is 10.6 Å². The molecule has 0 aliphatic carbocycles. The molecular formula is C17H13Cl2N3O3. The van der Waals surface area contributed by atoms with Crippen LogP contribution in [0.25, 0.3) is 11.8 Å². The summed E-state index contributed by atoms with van der Waals surface area (Å²) in [5.74, 6) is -1.47. The highest BCUT2D eigenvalue weighted by molar-refractivity contribution is 6.35. The molecule has 2 heterocycles. The first-order chi connectivity index (χ1) is 11.8. The van der Waals surface area contributed by atoms with Gasteiger partial charge >= 0.3 is 6.03 Å². The molecule has 0 radical (unpaired) electrons. The lowest BCUT2D eigenvalue weighted by molar-refractivity contribution is -0.123. The zero-order chi connectivity index (χ0) is 18.3. The smallest absolute Gasteiger partial charge is 0.316 e. The Bertz CT molecular complexity index is 938. The fourth-order valence-corrected chi connectivity index (χ4v) is 3.22. The maximum Gasteiger partial charge on any atom is 0.328 e. The number of hydrogen-bond donors (Lipinski definition) is 2. The predicted octanol–water partition coefficient (Wildman–Crippen LogP) is 3.15. The molecule has 0 bridgehead atoms. The zero-order valence-electron chi connectivity index (χ0n) is 13.3. The Labute approximate surface area is 153 Å². The van der Waals surface area contributed by atoms with Gasteiger partial charge in [-0.1, -0.05) is 23.2 Å². The van der Waals surface area contributed by atoms with Crippen molar-refractivity contribution in [3.8, 4) is 5.69 Å². The number of rotatable bonds is 2. The van der Waals surface area contributed by atoms with Gasteiger partial charge in [0.15, 0.2) is 0 Å². The Balaban J connectivity index is 2.09. The van der Waals surface area contributed by atoms with Gasteiger partial charge in [-0.3, -0.25) is 20.2 Å². The Morgan fingerprint density at radius 1 is 1.00 bits per heavy atom. The van der Waals surface area contributed by atoms with Crippen molar-refractivity contribution in [3.05, 3.63) is 56.8 Å². The highest BCUT2D eigenvalue weighted by Gasteiger charge is 2.28. The van der Waals surface area contributed by atoms with E-state index in [9.17, 15) is 14.4 Å². The first-order valence-electron chi connectivity index (χ1n) is 7.30. The second kappa shape index (κ2) is 6.38. The van der Waals surface area contributed by atoms with Crippen molar-refractivity contribution >= 4 is 47.1 Å². The van der Waals surface area contributed by atoms with Crippen LogP contribution in [0.5, 0.6) is 0 Å². The van der Waals surface area contributed by atoms with Crippen molar-refractivity contribution in [3.63, 3.8) is 0 Å². The number of imide groups is 2. The van der Waals surface area contributed by atoms with E-state index in [1.807, 2.05) is 35.1 Å². The third kappa shape index (κ3) is 3.18. The van der Waals surface area contributed by atoms with E-state index in [0.29, 0.717) is 15.6 Å². The molecule has 2 N–H and O–H groups in total. The number of urea groups is 1. The van der Waals surface area contributed by atoms with Crippen molar-refractivity contribution in [2.45, 2.75) is 13.8 Å². The fourth-order valence-electron chi connectivity index (χ4n) is 2.73. The monoisotopic (exact) mass is 377 g/mol. The van der Waals surface area contributed by atoms with Crippen LogP contribution in [0.15, 0.2) is 29.8 Å². The second-order valence-electron chi connectivity index (χ2n) is 5.55. The number of carbonyl (C=O) groups is 3. The van der Waals surface area contributed by atoms with E-state index >= 15 is 0 Å². The van der Waals surface area contributed by atoms with E-state index in [-0.39, 0.29) is 5.57 Å². The van der Waals surface area contributed by atoms with Crippen molar-refractivity contribution < 1.29 is 14.4 Å². The molecule has 0 saturated carbocycles. The lowest BCUT2D eigenvalue weighted by Crippen LogP contribution is -2.51. The van der Waals surface area contributed by atoms with Crippen LogP contribution in [0.1, 0.15) is 17.0 Å². The summed E-state index contributed by atoms with van der Waals surface area (Å²) in [6.07, 6.45) is 1.44. The minimum absolute atomic E-state index is 0.137. The molecule has 6 nitrogen and oxygen atoms in total. The maximum absolute atomic E-state index is 11.9. The fraction of sp³-hybridized carbons (Fsp3) is 0.118. The number of amides is 4. The number of nitrogens with one attached hydrogen (secondary N) is 2. The van der Waals surface area contributed by atoms with E-state index in [1.54, 1.807) is 18.2 Å². The number of benzene rings is 1. The molecule has 0 atom stereocenters. The van der Waals surface area contributed by atoms with Gasteiger partial charge in [0.25, 0.3) is 11.8 Å². The summed E-state index contributed by atoms with van der Waals surface area (Å²) in [6, 6.07) is 6.16. The van der Waals surface area contributed by atoms with Crippen LogP contribution in [0.2, 0.25) is 10.0 Å². The van der Waals surface area contributed by atoms with Crippen molar-refractivity contribution in [2.75, 3.05) is 0 Å². The maximum atomic E-state index is 11.9. The molecule has 0 unspecified atom stereocenters. The normalized spacial score (nSPS) is 14.4. The van der Waals surface area contributed by atoms with Gasteiger partial charge in [0.05, 0.1) is 10.7 Å². The van der Waals surface area contributed by atoms with Crippen molar-refractivity contribution in [1.29, 1.82) is 0 Å². The molecule has 1 saturated heterocycles. The van der Waals surface area contributed by atoms with E-state index in [2.05, 4.69) is 0 Å². The average molecular weight is 378 g/mol. The third-order valence-electron chi connectivity index (χ3n) is 3.86. The number of barbiturate groups is 1. The highest BCUT2D eigenvalue weighted by Crippen LogP contribution is 2.29. The average Bonchev–Trinajstić information content (AvgIpc) is 2.78. The number of nitrogens with zero attached hydrogens (tertiary/aromatic N) is 1. The first-order valence-corrected chi connectivity index (χ1v) is 8.06. The molecule has 1 aliphatic heterocycles. The van der Waals surface area contributed by atoms with Crippen molar-refractivity contribution in [2.24, 2.45) is 0 Å². The topological polar surface area (TPSA) is 80.2 Å². The van der Waals surface area contributed by atoms with Crippen LogP contribution in [-0.4, -0.2) is 22.4 Å². The summed E-state index contributed by atoms with van der Waals surface area (Å²) in [5.41, 5.74) is 2.91. The Morgan fingerprint density at radius 3 is 2.24 bits per heavy atom. The minimum atomic E-state index is -0.828. The van der Waals surface area contributed by atoms with Gasteiger partial charge in [-0.25, -0.2) is 4.79 Å². The van der Waals surface area contributed by atoms with Gasteiger partial charge in [-0.2, -0.15) is 0 Å². The number of halogens is 2. The summed E-state index contributed by atoms with van der Waals surface area (Å²) in [5, 5.41) is 5.10. The Kier molecular flexibility index (Phi) is 4.41. The lowest BCUT2D eigenvalue weighted by atomic mass is 10.1. The third-order valence-corrected chi connectivity index (χ3v) is 4.40. The molecule has 1 fully saturated rings. The van der Waals surface area contributed by atoms with Crippen LogP contribution in [0.4, 0.5) is 4.79 Å². The summed E-state index contributed by atoms with van der Waals surface area (Å²) in [6.45, 7) is 3.72. The lowest BCUT2D eigenvalue weighted by Gasteiger charge is -2.14. The molecule has 128 valence electrons. The van der Waals surface area contributed by atoms with Crippen LogP contribution in [-0.2, 0) is 9.59 Å². The predicted molar refractivity (Wildman–Crippen MR) is 94.9 cm³/mol. The number of aryl methyl sites for hydroxylation is 1. The molecule has 8 heteroatoms. The molecule has 1 aromatic heterocycles. The van der Waals surface area contributed by atoms with E-state index in [1.165, 1.54) is 6.08 Å². The second-order valence-corrected chi connectivity index (χ2v) is 6.40. The molecular weight excluding hydrogens is 365 g/mol. The SMILES string of the molecule is Cc1cc(C=C2C(=O)NC(=O)NC2=O)c(C)n1-c1ccc(Cl)cc1Cl. The van der Waals surface area contributed by atoms with Gasteiger partial charge in [-0.15, -0.1) is 0 Å². The molecule has 2 aromatic rings. The molecule has 3 rings (SSSR count). The van der Waals surface area contributed by atoms with Gasteiger partial charge in [-0.05, 0) is 49.8 Å². The van der Waals surface area contributed by atoms with Gasteiger partial charge in [0.1, 0.15) is 5.57 Å². The summed E-state index contributed by atoms with van der Waals surface area (Å²) in [4.78, 5) is 34.9. The van der Waals surface area contributed by atoms with Crippen LogP contribution >= 0.6 is 23.2 Å². The zero-order valence-corrected chi connectivity index (χ0v) is 14.8. The molecule has 4 amide bonds. The van der Waals surface area contributed by atoms with Gasteiger partial charge in [0, 0.05) is 16.4 Å². The largest absolute Gasteiger partial charge is 0.328 e. The standard InChI is InChI=1S/C17H13Cl2N3O3/c1-8-5-10(6-12-15(23)20-17(25)21-16(12)24)9(2)22(8)14-4-3-11(18)7-13(14)19/h3-7H,1-2H3,(H2,20,21,23,24,25). The number of carbonyl (C=O) groups excluding carboxylic acids is 3. The van der Waals surface area contributed by atoms with Crippen LogP contribution in [0, 0.1) is 13.8 Å². The quantitative estimate of drug-likeness (QED) is 0.622. The summed E-state index contributed by atoms with van der Waals surface area (Å²) >= 11 is 12.2. The van der Waals surface area contributed by atoms with E-state index in [4.69, 9.17) is 23.2 Å². The van der Waals surface area contributed by atoms with E-state index in [0.717, 1.165) is 17.1 Å². The Morgan fingerprint density at radius 2 is 1.64 bits per heavy atom. The summed E-state index contributed by atoms with van der Waals surface area (Å²) in [7, 11) is 0. The van der Waals surface area contributed by atoms with E-state index < -0.39 is 17.8 Å². The number of hydrogen-bond acceptors (Lipinski definition) is 3. The summed E-state index contributed by atoms with van der Waals surface area (Å²) < 4.78 is 1.90.